The fraction of sp³-hybridized carbons (Fsp3) is 0.429. The topological polar surface area (TPSA) is 60.8 Å². The van der Waals surface area contributed by atoms with Crippen LogP contribution in [-0.2, 0) is 9.53 Å². The summed E-state index contributed by atoms with van der Waals surface area (Å²) in [5.74, 6) is 0.864. The van der Waals surface area contributed by atoms with E-state index in [0.717, 1.165) is 23.3 Å². The van der Waals surface area contributed by atoms with Crippen LogP contribution in [0.5, 0.6) is 5.75 Å². The summed E-state index contributed by atoms with van der Waals surface area (Å²) < 4.78 is 12.4. The van der Waals surface area contributed by atoms with Gasteiger partial charge in [0.15, 0.2) is 0 Å². The highest BCUT2D eigenvalue weighted by molar-refractivity contribution is 5.97. The normalized spacial score (nSPS) is 22.4. The number of ether oxygens (including phenoxy) is 2. The molecule has 1 aromatic heterocycles. The molecule has 3 heterocycles. The van der Waals surface area contributed by atoms with Crippen molar-refractivity contribution in [1.29, 1.82) is 0 Å². The average molecular weight is 368 g/mol. The Hall–Kier alpha value is -2.60. The predicted molar refractivity (Wildman–Crippen MR) is 103 cm³/mol. The molecule has 2 fully saturated rings. The minimum atomic E-state index is -0.103. The first-order chi connectivity index (χ1) is 13.1. The second-order valence-electron chi connectivity index (χ2n) is 7.26. The van der Waals surface area contributed by atoms with E-state index in [4.69, 9.17) is 9.47 Å². The summed E-state index contributed by atoms with van der Waals surface area (Å²) in [4.78, 5) is 27.5. The van der Waals surface area contributed by atoms with E-state index in [1.165, 1.54) is 0 Å². The molecule has 6 heteroatoms. The highest BCUT2D eigenvalue weighted by atomic mass is 16.5. The first kappa shape index (κ1) is 17.8. The minimum absolute atomic E-state index is 0.00330. The molecule has 0 bridgehead atoms. The maximum Gasteiger partial charge on any atom is 0.275 e. The molecular formula is C21H24N2O4. The SMILES string of the molecule is COc1ccc([C@H]2CC(=O)N(c3c(C)ccn(C4CCOC4)c3=O)C2)cc1. The van der Waals surface area contributed by atoms with E-state index in [2.05, 4.69) is 0 Å². The van der Waals surface area contributed by atoms with Crippen LogP contribution >= 0.6 is 0 Å². The van der Waals surface area contributed by atoms with Crippen molar-refractivity contribution >= 4 is 11.6 Å². The number of hydrogen-bond donors (Lipinski definition) is 0. The van der Waals surface area contributed by atoms with Crippen LogP contribution in [-0.4, -0.2) is 37.3 Å². The van der Waals surface area contributed by atoms with Gasteiger partial charge in [0, 0.05) is 31.7 Å². The number of aryl methyl sites for hydroxylation is 1. The van der Waals surface area contributed by atoms with E-state index in [0.29, 0.717) is 31.9 Å². The highest BCUT2D eigenvalue weighted by Crippen LogP contribution is 2.33. The molecule has 1 amide bonds. The van der Waals surface area contributed by atoms with Gasteiger partial charge in [-0.15, -0.1) is 0 Å². The van der Waals surface area contributed by atoms with E-state index in [1.54, 1.807) is 16.6 Å². The van der Waals surface area contributed by atoms with Crippen molar-refractivity contribution in [2.45, 2.75) is 31.7 Å². The van der Waals surface area contributed by atoms with Crippen molar-refractivity contribution in [3.05, 3.63) is 58.0 Å². The lowest BCUT2D eigenvalue weighted by atomic mass is 9.98. The third-order valence-corrected chi connectivity index (χ3v) is 5.58. The first-order valence-electron chi connectivity index (χ1n) is 9.32. The minimum Gasteiger partial charge on any atom is -0.497 e. The van der Waals surface area contributed by atoms with Gasteiger partial charge in [0.2, 0.25) is 5.91 Å². The molecule has 2 aliphatic heterocycles. The summed E-state index contributed by atoms with van der Waals surface area (Å²) in [5.41, 5.74) is 2.32. The molecule has 0 radical (unpaired) electrons. The third-order valence-electron chi connectivity index (χ3n) is 5.58. The second-order valence-corrected chi connectivity index (χ2v) is 7.26. The summed E-state index contributed by atoms with van der Waals surface area (Å²) in [5, 5.41) is 0. The molecule has 1 aromatic carbocycles. The molecule has 6 nitrogen and oxygen atoms in total. The number of aromatic nitrogens is 1. The quantitative estimate of drug-likeness (QED) is 0.832. The molecule has 0 saturated carbocycles. The summed E-state index contributed by atoms with van der Waals surface area (Å²) in [6.45, 7) is 3.62. The van der Waals surface area contributed by atoms with Gasteiger partial charge in [-0.2, -0.15) is 0 Å². The van der Waals surface area contributed by atoms with Crippen molar-refractivity contribution in [2.75, 3.05) is 31.8 Å². The number of methoxy groups -OCH3 is 1. The van der Waals surface area contributed by atoms with Crippen LogP contribution in [0.3, 0.4) is 0 Å². The van der Waals surface area contributed by atoms with E-state index >= 15 is 0 Å². The number of nitrogens with zero attached hydrogens (tertiary/aromatic N) is 2. The second kappa shape index (κ2) is 7.19. The highest BCUT2D eigenvalue weighted by Gasteiger charge is 2.34. The van der Waals surface area contributed by atoms with Crippen LogP contribution in [0.25, 0.3) is 0 Å². The lowest BCUT2D eigenvalue weighted by Gasteiger charge is -2.21. The van der Waals surface area contributed by atoms with Gasteiger partial charge in [0.05, 0.1) is 19.8 Å². The van der Waals surface area contributed by atoms with Gasteiger partial charge in [0.1, 0.15) is 11.4 Å². The Morgan fingerprint density at radius 2 is 1.93 bits per heavy atom. The van der Waals surface area contributed by atoms with Gasteiger partial charge < -0.3 is 18.9 Å². The monoisotopic (exact) mass is 368 g/mol. The van der Waals surface area contributed by atoms with Gasteiger partial charge in [-0.05, 0) is 42.7 Å². The molecule has 142 valence electrons. The molecule has 0 spiro atoms. The summed E-state index contributed by atoms with van der Waals surface area (Å²) in [7, 11) is 1.63. The van der Waals surface area contributed by atoms with Gasteiger partial charge in [0.25, 0.3) is 5.56 Å². The zero-order chi connectivity index (χ0) is 19.0. The number of anilines is 1. The van der Waals surface area contributed by atoms with Gasteiger partial charge in [-0.3, -0.25) is 9.59 Å². The van der Waals surface area contributed by atoms with Crippen molar-refractivity contribution in [3.63, 3.8) is 0 Å². The first-order valence-corrected chi connectivity index (χ1v) is 9.32. The molecule has 4 rings (SSSR count). The van der Waals surface area contributed by atoms with Crippen LogP contribution < -0.4 is 15.2 Å². The van der Waals surface area contributed by atoms with Crippen LogP contribution in [0, 0.1) is 6.92 Å². The van der Waals surface area contributed by atoms with Crippen LogP contribution in [0.2, 0.25) is 0 Å². The molecule has 0 N–H and O–H groups in total. The molecule has 1 unspecified atom stereocenters. The molecular weight excluding hydrogens is 344 g/mol. The molecule has 27 heavy (non-hydrogen) atoms. The zero-order valence-electron chi connectivity index (χ0n) is 15.7. The lowest BCUT2D eigenvalue weighted by Crippen LogP contribution is -2.35. The smallest absolute Gasteiger partial charge is 0.275 e. The Labute approximate surface area is 158 Å². The molecule has 0 aliphatic carbocycles. The summed E-state index contributed by atoms with van der Waals surface area (Å²) in [6, 6.07) is 9.76. The third kappa shape index (κ3) is 3.25. The van der Waals surface area contributed by atoms with Crippen molar-refractivity contribution in [3.8, 4) is 5.75 Å². The Morgan fingerprint density at radius 3 is 2.59 bits per heavy atom. The van der Waals surface area contributed by atoms with E-state index in [1.807, 2.05) is 43.5 Å². The number of carbonyl (C=O) groups excluding carboxylic acids is 1. The van der Waals surface area contributed by atoms with Crippen LogP contribution in [0.1, 0.15) is 35.9 Å². The number of amides is 1. The van der Waals surface area contributed by atoms with E-state index in [9.17, 15) is 9.59 Å². The number of rotatable bonds is 4. The average Bonchev–Trinajstić information content (AvgIpc) is 3.33. The number of hydrogen-bond acceptors (Lipinski definition) is 4. The summed E-state index contributed by atoms with van der Waals surface area (Å²) >= 11 is 0. The maximum absolute atomic E-state index is 13.1. The standard InChI is InChI=1S/C21H24N2O4/c1-14-7-9-22(17-8-10-27-13-17)21(25)20(14)23-12-16(11-19(23)24)15-3-5-18(26-2)6-4-15/h3-7,9,16-17H,8,10-13H2,1-2H3/t16-,17?/m0/s1. The fourth-order valence-corrected chi connectivity index (χ4v) is 4.01. The van der Waals surface area contributed by atoms with E-state index in [-0.39, 0.29) is 23.4 Å². The summed E-state index contributed by atoms with van der Waals surface area (Å²) in [6.07, 6.45) is 3.06. The Balaban J connectivity index is 1.64. The fourth-order valence-electron chi connectivity index (χ4n) is 4.01. The van der Waals surface area contributed by atoms with Crippen molar-refractivity contribution < 1.29 is 14.3 Å². The molecule has 2 atom stereocenters. The van der Waals surface area contributed by atoms with E-state index < -0.39 is 0 Å². The molecule has 2 aliphatic rings. The molecule has 2 saturated heterocycles. The van der Waals surface area contributed by atoms with Gasteiger partial charge in [-0.25, -0.2) is 0 Å². The van der Waals surface area contributed by atoms with Crippen molar-refractivity contribution in [2.24, 2.45) is 0 Å². The van der Waals surface area contributed by atoms with Gasteiger partial charge in [-0.1, -0.05) is 12.1 Å². The van der Waals surface area contributed by atoms with Gasteiger partial charge >= 0.3 is 0 Å². The van der Waals surface area contributed by atoms with Crippen LogP contribution in [0.4, 0.5) is 5.69 Å². The zero-order valence-corrected chi connectivity index (χ0v) is 15.7. The van der Waals surface area contributed by atoms with Crippen molar-refractivity contribution in [1.82, 2.24) is 4.57 Å². The van der Waals surface area contributed by atoms with Crippen LogP contribution in [0.15, 0.2) is 41.3 Å². The number of pyridine rings is 1. The molecule has 2 aromatic rings. The maximum atomic E-state index is 13.1. The predicted octanol–water partition coefficient (Wildman–Crippen LogP) is 2.65. The Morgan fingerprint density at radius 1 is 1.15 bits per heavy atom. The Kier molecular flexibility index (Phi) is 4.74. The number of carbonyl (C=O) groups is 1. The number of benzene rings is 1. The lowest BCUT2D eigenvalue weighted by molar-refractivity contribution is -0.117. The largest absolute Gasteiger partial charge is 0.497 e. The Bertz CT molecular complexity index is 897.